The molecule has 26 heavy (non-hydrogen) atoms. The molecule has 0 radical (unpaired) electrons. The van der Waals surface area contributed by atoms with Gasteiger partial charge in [0.15, 0.2) is 0 Å². The summed E-state index contributed by atoms with van der Waals surface area (Å²) < 4.78 is 7.22. The lowest BCUT2D eigenvalue weighted by Gasteiger charge is -2.08. The van der Waals surface area contributed by atoms with E-state index in [1.165, 1.54) is 16.8 Å². The van der Waals surface area contributed by atoms with Crippen LogP contribution in [0.1, 0.15) is 42.8 Å². The Morgan fingerprint density at radius 1 is 1.19 bits per heavy atom. The first-order valence-electron chi connectivity index (χ1n) is 9.33. The maximum atomic E-state index is 12.2. The van der Waals surface area contributed by atoms with Gasteiger partial charge in [-0.2, -0.15) is 5.10 Å². The number of rotatable bonds is 9. The number of ether oxygens (including phenoxy) is 1. The average molecular weight is 357 g/mol. The maximum absolute atomic E-state index is 12.2. The van der Waals surface area contributed by atoms with Crippen LogP contribution in [0, 0.1) is 19.8 Å². The fourth-order valence-corrected chi connectivity index (χ4v) is 3.08. The SMILES string of the molecule is COc1ccc(CCNC(=O)CCc2c(C)nn(CC(C)C)c2C)cc1. The van der Waals surface area contributed by atoms with E-state index in [9.17, 15) is 4.79 Å². The third kappa shape index (κ3) is 5.61. The Bertz CT molecular complexity index is 718. The maximum Gasteiger partial charge on any atom is 0.220 e. The van der Waals surface area contributed by atoms with Crippen molar-refractivity contribution < 1.29 is 9.53 Å². The van der Waals surface area contributed by atoms with E-state index in [2.05, 4.69) is 35.9 Å². The molecule has 0 aliphatic carbocycles. The van der Waals surface area contributed by atoms with Crippen molar-refractivity contribution in [3.8, 4) is 5.75 Å². The molecule has 1 amide bonds. The third-order valence-electron chi connectivity index (χ3n) is 4.57. The second-order valence-electron chi connectivity index (χ2n) is 7.17. The molecule has 1 aromatic carbocycles. The molecule has 1 heterocycles. The molecule has 1 aromatic heterocycles. The molecule has 0 fully saturated rings. The Hall–Kier alpha value is -2.30. The van der Waals surface area contributed by atoms with E-state index in [4.69, 9.17) is 4.74 Å². The van der Waals surface area contributed by atoms with E-state index in [0.29, 0.717) is 18.9 Å². The standard InChI is InChI=1S/C21H31N3O2/c1-15(2)14-24-17(4)20(16(3)23-24)10-11-21(25)22-13-12-18-6-8-19(26-5)9-7-18/h6-9,15H,10-14H2,1-5H3,(H,22,25). The zero-order valence-electron chi connectivity index (χ0n) is 16.6. The molecule has 0 saturated carbocycles. The van der Waals surface area contributed by atoms with Gasteiger partial charge in [-0.1, -0.05) is 26.0 Å². The van der Waals surface area contributed by atoms with Crippen LogP contribution in [0.5, 0.6) is 5.75 Å². The van der Waals surface area contributed by atoms with Crippen LogP contribution in [-0.2, 0) is 24.2 Å². The fraction of sp³-hybridized carbons (Fsp3) is 0.524. The smallest absolute Gasteiger partial charge is 0.220 e. The number of nitrogens with zero attached hydrogens (tertiary/aromatic N) is 2. The minimum atomic E-state index is 0.0916. The van der Waals surface area contributed by atoms with Crippen LogP contribution in [0.3, 0.4) is 0 Å². The summed E-state index contributed by atoms with van der Waals surface area (Å²) in [6, 6.07) is 7.94. The number of aryl methyl sites for hydroxylation is 1. The Labute approximate surface area is 156 Å². The zero-order valence-corrected chi connectivity index (χ0v) is 16.6. The van der Waals surface area contributed by atoms with Crippen LogP contribution in [0.2, 0.25) is 0 Å². The molecular formula is C21H31N3O2. The summed E-state index contributed by atoms with van der Waals surface area (Å²) in [5.41, 5.74) is 4.61. The second-order valence-corrected chi connectivity index (χ2v) is 7.17. The second kappa shape index (κ2) is 9.41. The van der Waals surface area contributed by atoms with Crippen molar-refractivity contribution >= 4 is 5.91 Å². The van der Waals surface area contributed by atoms with Gasteiger partial charge in [0.2, 0.25) is 5.91 Å². The molecule has 142 valence electrons. The first kappa shape index (κ1) is 20.0. The van der Waals surface area contributed by atoms with Gasteiger partial charge in [-0.15, -0.1) is 0 Å². The van der Waals surface area contributed by atoms with E-state index < -0.39 is 0 Å². The van der Waals surface area contributed by atoms with E-state index in [0.717, 1.165) is 30.8 Å². The lowest BCUT2D eigenvalue weighted by atomic mass is 10.1. The largest absolute Gasteiger partial charge is 0.497 e. The molecule has 0 bridgehead atoms. The topological polar surface area (TPSA) is 56.1 Å². The quantitative estimate of drug-likeness (QED) is 0.748. The minimum absolute atomic E-state index is 0.0916. The van der Waals surface area contributed by atoms with Crippen LogP contribution in [-0.4, -0.2) is 29.3 Å². The first-order valence-corrected chi connectivity index (χ1v) is 9.33. The monoisotopic (exact) mass is 357 g/mol. The lowest BCUT2D eigenvalue weighted by molar-refractivity contribution is -0.121. The molecule has 5 heteroatoms. The first-order chi connectivity index (χ1) is 12.4. The highest BCUT2D eigenvalue weighted by Crippen LogP contribution is 2.16. The van der Waals surface area contributed by atoms with Gasteiger partial charge in [0.25, 0.3) is 0 Å². The summed E-state index contributed by atoms with van der Waals surface area (Å²) in [5, 5.41) is 7.63. The summed E-state index contributed by atoms with van der Waals surface area (Å²) >= 11 is 0. The molecule has 0 unspecified atom stereocenters. The Kier molecular flexibility index (Phi) is 7.25. The lowest BCUT2D eigenvalue weighted by Crippen LogP contribution is -2.26. The number of carbonyl (C=O) groups is 1. The third-order valence-corrected chi connectivity index (χ3v) is 4.57. The van der Waals surface area contributed by atoms with Crippen molar-refractivity contribution in [2.24, 2.45) is 5.92 Å². The number of hydrogen-bond acceptors (Lipinski definition) is 3. The van der Waals surface area contributed by atoms with Crippen LogP contribution >= 0.6 is 0 Å². The zero-order chi connectivity index (χ0) is 19.1. The van der Waals surface area contributed by atoms with Crippen LogP contribution in [0.25, 0.3) is 0 Å². The Morgan fingerprint density at radius 2 is 1.88 bits per heavy atom. The summed E-state index contributed by atoms with van der Waals surface area (Å²) in [4.78, 5) is 12.2. The number of hydrogen-bond donors (Lipinski definition) is 1. The molecule has 2 aromatic rings. The minimum Gasteiger partial charge on any atom is -0.497 e. The van der Waals surface area contributed by atoms with Gasteiger partial charge < -0.3 is 10.1 Å². The van der Waals surface area contributed by atoms with E-state index in [1.54, 1.807) is 7.11 Å². The van der Waals surface area contributed by atoms with Crippen molar-refractivity contribution in [3.05, 3.63) is 46.8 Å². The number of benzene rings is 1. The van der Waals surface area contributed by atoms with E-state index in [1.807, 2.05) is 31.2 Å². The molecule has 0 aliphatic heterocycles. The molecule has 0 saturated heterocycles. The fourth-order valence-electron chi connectivity index (χ4n) is 3.08. The number of carbonyl (C=O) groups excluding carboxylic acids is 1. The van der Waals surface area contributed by atoms with Crippen LogP contribution in [0.4, 0.5) is 0 Å². The highest BCUT2D eigenvalue weighted by molar-refractivity contribution is 5.76. The summed E-state index contributed by atoms with van der Waals surface area (Å²) in [7, 11) is 1.66. The normalized spacial score (nSPS) is 11.0. The Balaban J connectivity index is 1.78. The van der Waals surface area contributed by atoms with Crippen molar-refractivity contribution in [2.75, 3.05) is 13.7 Å². The number of nitrogens with one attached hydrogen (secondary N) is 1. The van der Waals surface area contributed by atoms with Gasteiger partial charge in [-0.25, -0.2) is 0 Å². The average Bonchev–Trinajstić information content (AvgIpc) is 2.86. The molecule has 0 spiro atoms. The summed E-state index contributed by atoms with van der Waals surface area (Å²) in [6.45, 7) is 10.1. The van der Waals surface area contributed by atoms with Crippen LogP contribution < -0.4 is 10.1 Å². The molecule has 0 atom stereocenters. The number of methoxy groups -OCH3 is 1. The van der Waals surface area contributed by atoms with Crippen LogP contribution in [0.15, 0.2) is 24.3 Å². The highest BCUT2D eigenvalue weighted by atomic mass is 16.5. The predicted molar refractivity (Wildman–Crippen MR) is 105 cm³/mol. The van der Waals surface area contributed by atoms with Crippen molar-refractivity contribution in [2.45, 2.75) is 53.5 Å². The van der Waals surface area contributed by atoms with Crippen molar-refractivity contribution in [1.29, 1.82) is 0 Å². The van der Waals surface area contributed by atoms with Crippen molar-refractivity contribution in [3.63, 3.8) is 0 Å². The summed E-state index contributed by atoms with van der Waals surface area (Å²) in [6.07, 6.45) is 2.06. The van der Waals surface area contributed by atoms with Gasteiger partial charge >= 0.3 is 0 Å². The molecule has 1 N–H and O–H groups in total. The molecule has 2 rings (SSSR count). The van der Waals surface area contributed by atoms with E-state index >= 15 is 0 Å². The van der Waals surface area contributed by atoms with E-state index in [-0.39, 0.29) is 5.91 Å². The van der Waals surface area contributed by atoms with Crippen molar-refractivity contribution in [1.82, 2.24) is 15.1 Å². The van der Waals surface area contributed by atoms with Gasteiger partial charge in [-0.3, -0.25) is 9.48 Å². The summed E-state index contributed by atoms with van der Waals surface area (Å²) in [5.74, 6) is 1.50. The molecule has 5 nitrogen and oxygen atoms in total. The van der Waals surface area contributed by atoms with Gasteiger partial charge in [0, 0.05) is 25.2 Å². The van der Waals surface area contributed by atoms with Gasteiger partial charge in [0.05, 0.1) is 12.8 Å². The predicted octanol–water partition coefficient (Wildman–Crippen LogP) is 3.46. The highest BCUT2D eigenvalue weighted by Gasteiger charge is 2.13. The number of amides is 1. The van der Waals surface area contributed by atoms with Gasteiger partial charge in [-0.05, 0) is 55.9 Å². The Morgan fingerprint density at radius 3 is 2.50 bits per heavy atom. The number of aromatic nitrogens is 2. The molecule has 0 aliphatic rings. The molecular weight excluding hydrogens is 326 g/mol. The van der Waals surface area contributed by atoms with Gasteiger partial charge in [0.1, 0.15) is 5.75 Å².